The molecule has 4 rings (SSSR count). The fourth-order valence-electron chi connectivity index (χ4n) is 3.92. The zero-order chi connectivity index (χ0) is 17.4. The fraction of sp³-hybridized carbons (Fsp3) is 0.333. The standard InChI is InChI=1S/C21H21Br2NO/c22-14-5-4-13-9-20(21(25)12-16-3-1-2-8-24-16)17-7-6-15(23)11-19(17)18(13)10-14/h4-7,9-11,16,21,24-25H,1-3,8,12H2. The maximum absolute atomic E-state index is 11.0. The number of aliphatic hydroxyl groups is 1. The number of hydrogen-bond donors (Lipinski definition) is 2. The molecule has 1 saturated heterocycles. The van der Waals surface area contributed by atoms with E-state index in [4.69, 9.17) is 0 Å². The molecule has 2 nitrogen and oxygen atoms in total. The second-order valence-corrected chi connectivity index (χ2v) is 8.75. The molecule has 0 bridgehead atoms. The summed E-state index contributed by atoms with van der Waals surface area (Å²) in [6.45, 7) is 1.07. The Morgan fingerprint density at radius 2 is 1.72 bits per heavy atom. The van der Waals surface area contributed by atoms with Crippen molar-refractivity contribution < 1.29 is 5.11 Å². The number of benzene rings is 3. The van der Waals surface area contributed by atoms with Gasteiger partial charge in [0.1, 0.15) is 0 Å². The Morgan fingerprint density at radius 1 is 0.960 bits per heavy atom. The third-order valence-electron chi connectivity index (χ3n) is 5.19. The van der Waals surface area contributed by atoms with E-state index in [2.05, 4.69) is 79.6 Å². The predicted molar refractivity (Wildman–Crippen MR) is 112 cm³/mol. The van der Waals surface area contributed by atoms with Crippen LogP contribution < -0.4 is 5.32 Å². The van der Waals surface area contributed by atoms with Crippen molar-refractivity contribution in [2.75, 3.05) is 6.54 Å². The van der Waals surface area contributed by atoms with Crippen LogP contribution in [0.3, 0.4) is 0 Å². The first-order valence-electron chi connectivity index (χ1n) is 8.85. The van der Waals surface area contributed by atoms with Crippen molar-refractivity contribution in [1.82, 2.24) is 5.32 Å². The summed E-state index contributed by atoms with van der Waals surface area (Å²) < 4.78 is 2.13. The van der Waals surface area contributed by atoms with Crippen molar-refractivity contribution in [2.45, 2.75) is 37.8 Å². The molecular weight excluding hydrogens is 442 g/mol. The van der Waals surface area contributed by atoms with Gasteiger partial charge in [0.15, 0.2) is 0 Å². The average Bonchev–Trinajstić information content (AvgIpc) is 2.62. The Morgan fingerprint density at radius 3 is 2.48 bits per heavy atom. The largest absolute Gasteiger partial charge is 0.388 e. The highest BCUT2D eigenvalue weighted by Crippen LogP contribution is 2.36. The molecule has 3 aromatic rings. The minimum absolute atomic E-state index is 0.412. The molecule has 4 heteroatoms. The molecule has 0 aliphatic carbocycles. The van der Waals surface area contributed by atoms with Gasteiger partial charge in [-0.2, -0.15) is 0 Å². The molecule has 1 fully saturated rings. The van der Waals surface area contributed by atoms with Gasteiger partial charge < -0.3 is 10.4 Å². The fourth-order valence-corrected chi connectivity index (χ4v) is 4.64. The van der Waals surface area contributed by atoms with Crippen LogP contribution in [0.2, 0.25) is 0 Å². The van der Waals surface area contributed by atoms with Crippen LogP contribution in [0.4, 0.5) is 0 Å². The number of aliphatic hydroxyl groups excluding tert-OH is 1. The third-order valence-corrected chi connectivity index (χ3v) is 6.17. The molecule has 1 aliphatic heterocycles. The maximum Gasteiger partial charge on any atom is 0.0811 e. The second-order valence-electron chi connectivity index (χ2n) is 6.92. The van der Waals surface area contributed by atoms with E-state index in [1.165, 1.54) is 29.0 Å². The van der Waals surface area contributed by atoms with Crippen LogP contribution >= 0.6 is 31.9 Å². The monoisotopic (exact) mass is 461 g/mol. The molecule has 3 aromatic carbocycles. The van der Waals surface area contributed by atoms with Gasteiger partial charge in [-0.1, -0.05) is 50.4 Å². The van der Waals surface area contributed by atoms with Crippen LogP contribution in [0, 0.1) is 0 Å². The van der Waals surface area contributed by atoms with Crippen LogP contribution in [0.15, 0.2) is 51.4 Å². The highest BCUT2D eigenvalue weighted by molar-refractivity contribution is 9.10. The van der Waals surface area contributed by atoms with Crippen molar-refractivity contribution in [3.05, 3.63) is 57.0 Å². The second kappa shape index (κ2) is 7.36. The molecule has 130 valence electrons. The number of halogens is 2. The van der Waals surface area contributed by atoms with Crippen molar-refractivity contribution in [3.63, 3.8) is 0 Å². The molecule has 0 spiro atoms. The summed E-state index contributed by atoms with van der Waals surface area (Å²) >= 11 is 7.17. The lowest BCUT2D eigenvalue weighted by molar-refractivity contribution is 0.146. The van der Waals surface area contributed by atoms with Crippen LogP contribution in [0.5, 0.6) is 0 Å². The summed E-state index contributed by atoms with van der Waals surface area (Å²) in [6.07, 6.45) is 3.97. The van der Waals surface area contributed by atoms with E-state index < -0.39 is 6.10 Å². The summed E-state index contributed by atoms with van der Waals surface area (Å²) in [5.74, 6) is 0. The Hall–Kier alpha value is -0.940. The van der Waals surface area contributed by atoms with Gasteiger partial charge in [-0.15, -0.1) is 0 Å². The summed E-state index contributed by atoms with van der Waals surface area (Å²) in [7, 11) is 0. The summed E-state index contributed by atoms with van der Waals surface area (Å²) in [4.78, 5) is 0. The van der Waals surface area contributed by atoms with Gasteiger partial charge in [0.2, 0.25) is 0 Å². The Labute approximate surface area is 164 Å². The number of piperidine rings is 1. The van der Waals surface area contributed by atoms with Crippen LogP contribution in [-0.2, 0) is 0 Å². The van der Waals surface area contributed by atoms with Gasteiger partial charge in [0.05, 0.1) is 6.10 Å². The highest BCUT2D eigenvalue weighted by Gasteiger charge is 2.20. The first-order valence-corrected chi connectivity index (χ1v) is 10.4. The molecule has 0 amide bonds. The molecule has 0 radical (unpaired) electrons. The van der Waals surface area contributed by atoms with E-state index in [-0.39, 0.29) is 0 Å². The SMILES string of the molecule is OC(CC1CCCCN1)c1cc2ccc(Br)cc2c2cc(Br)ccc12. The van der Waals surface area contributed by atoms with Crippen LogP contribution in [0.25, 0.3) is 21.5 Å². The van der Waals surface area contributed by atoms with Crippen molar-refractivity contribution in [3.8, 4) is 0 Å². The number of nitrogens with one attached hydrogen (secondary N) is 1. The van der Waals surface area contributed by atoms with E-state index in [9.17, 15) is 5.11 Å². The van der Waals surface area contributed by atoms with Gasteiger partial charge in [-0.3, -0.25) is 0 Å². The average molecular weight is 463 g/mol. The van der Waals surface area contributed by atoms with E-state index >= 15 is 0 Å². The predicted octanol–water partition coefficient (Wildman–Crippen LogP) is 6.08. The minimum atomic E-state index is -0.452. The summed E-state index contributed by atoms with van der Waals surface area (Å²) in [6, 6.07) is 15.2. The maximum atomic E-state index is 11.0. The molecule has 2 N–H and O–H groups in total. The van der Waals surface area contributed by atoms with Gasteiger partial charge >= 0.3 is 0 Å². The van der Waals surface area contributed by atoms with E-state index in [0.29, 0.717) is 6.04 Å². The first-order chi connectivity index (χ1) is 12.1. The highest BCUT2D eigenvalue weighted by atomic mass is 79.9. The molecule has 1 aliphatic rings. The van der Waals surface area contributed by atoms with Gasteiger partial charge in [0, 0.05) is 15.0 Å². The molecule has 0 aromatic heterocycles. The van der Waals surface area contributed by atoms with Crippen molar-refractivity contribution in [2.24, 2.45) is 0 Å². The normalized spacial score (nSPS) is 19.4. The Balaban J connectivity index is 1.82. The first kappa shape index (κ1) is 17.5. The molecule has 2 atom stereocenters. The quantitative estimate of drug-likeness (QED) is 0.462. The number of fused-ring (bicyclic) bond motifs is 3. The Bertz CT molecular complexity index is 919. The topological polar surface area (TPSA) is 32.3 Å². The molecule has 25 heavy (non-hydrogen) atoms. The van der Waals surface area contributed by atoms with Crippen LogP contribution in [-0.4, -0.2) is 17.7 Å². The van der Waals surface area contributed by atoms with Crippen LogP contribution in [0.1, 0.15) is 37.4 Å². The lowest BCUT2D eigenvalue weighted by atomic mass is 9.90. The van der Waals surface area contributed by atoms with Gasteiger partial charge in [-0.05, 0) is 83.2 Å². The van der Waals surface area contributed by atoms with Crippen molar-refractivity contribution >= 4 is 53.4 Å². The third kappa shape index (κ3) is 3.63. The summed E-state index contributed by atoms with van der Waals surface area (Å²) in [5, 5.41) is 19.2. The number of hydrogen-bond acceptors (Lipinski definition) is 2. The molecule has 0 saturated carbocycles. The van der Waals surface area contributed by atoms with Gasteiger partial charge in [0.25, 0.3) is 0 Å². The molecule has 2 unspecified atom stereocenters. The zero-order valence-corrected chi connectivity index (χ0v) is 17.1. The minimum Gasteiger partial charge on any atom is -0.388 e. The number of rotatable bonds is 3. The molecular formula is C21H21Br2NO. The van der Waals surface area contributed by atoms with E-state index in [0.717, 1.165) is 39.3 Å². The lowest BCUT2D eigenvalue weighted by Crippen LogP contribution is -2.35. The smallest absolute Gasteiger partial charge is 0.0811 e. The van der Waals surface area contributed by atoms with E-state index in [1.807, 2.05) is 0 Å². The molecule has 1 heterocycles. The lowest BCUT2D eigenvalue weighted by Gasteiger charge is -2.26. The van der Waals surface area contributed by atoms with Gasteiger partial charge in [-0.25, -0.2) is 0 Å². The Kier molecular flexibility index (Phi) is 5.14. The van der Waals surface area contributed by atoms with E-state index in [1.54, 1.807) is 0 Å². The van der Waals surface area contributed by atoms with Crippen molar-refractivity contribution in [1.29, 1.82) is 0 Å². The zero-order valence-electron chi connectivity index (χ0n) is 13.9. The summed E-state index contributed by atoms with van der Waals surface area (Å²) in [5.41, 5.74) is 1.03.